The van der Waals surface area contributed by atoms with E-state index < -0.39 is 0 Å². The highest BCUT2D eigenvalue weighted by atomic mass is 32.1. The van der Waals surface area contributed by atoms with Gasteiger partial charge in [-0.15, -0.1) is 11.3 Å². The van der Waals surface area contributed by atoms with Crippen LogP contribution in [0.25, 0.3) is 10.8 Å². The van der Waals surface area contributed by atoms with Crippen LogP contribution in [0.4, 0.5) is 0 Å². The molecule has 0 unspecified atom stereocenters. The van der Waals surface area contributed by atoms with E-state index in [1.807, 2.05) is 52.7 Å². The second-order valence-corrected chi connectivity index (χ2v) is 7.60. The molecule has 0 aliphatic carbocycles. The van der Waals surface area contributed by atoms with Crippen molar-refractivity contribution in [2.24, 2.45) is 5.92 Å². The summed E-state index contributed by atoms with van der Waals surface area (Å²) in [6.45, 7) is 2.29. The third-order valence-corrected chi connectivity index (χ3v) is 5.72. The Bertz CT molecular complexity index is 853. The van der Waals surface area contributed by atoms with Crippen LogP contribution in [0.1, 0.15) is 18.5 Å². The van der Waals surface area contributed by atoms with Gasteiger partial charge in [0.15, 0.2) is 10.8 Å². The maximum atomic E-state index is 12.6. The fraction of sp³-hybridized carbons (Fsp3) is 0.333. The second kappa shape index (κ2) is 8.39. The second-order valence-electron chi connectivity index (χ2n) is 6.75. The monoisotopic (exact) mass is 382 g/mol. The normalized spacial score (nSPS) is 15.0. The lowest BCUT2D eigenvalue weighted by atomic mass is 9.97. The van der Waals surface area contributed by atoms with Crippen molar-refractivity contribution in [3.05, 3.63) is 59.8 Å². The Labute approximate surface area is 162 Å². The van der Waals surface area contributed by atoms with Crippen LogP contribution < -0.4 is 4.74 Å². The fourth-order valence-corrected chi connectivity index (χ4v) is 4.03. The molecule has 2 aromatic heterocycles. The van der Waals surface area contributed by atoms with E-state index in [-0.39, 0.29) is 5.91 Å². The first kappa shape index (κ1) is 17.8. The molecule has 0 N–H and O–H groups in total. The Balaban J connectivity index is 1.24. The lowest BCUT2D eigenvalue weighted by molar-refractivity contribution is -0.132. The lowest BCUT2D eigenvalue weighted by Gasteiger charge is -2.31. The molecule has 6 heteroatoms. The van der Waals surface area contributed by atoms with Crippen molar-refractivity contribution < 1.29 is 13.9 Å². The number of carbonyl (C=O) groups is 1. The summed E-state index contributed by atoms with van der Waals surface area (Å²) in [6.07, 6.45) is 3.94. The maximum absolute atomic E-state index is 12.6. The number of piperidine rings is 1. The van der Waals surface area contributed by atoms with Crippen molar-refractivity contribution in [2.45, 2.75) is 19.3 Å². The van der Waals surface area contributed by atoms with Gasteiger partial charge in [-0.3, -0.25) is 4.79 Å². The van der Waals surface area contributed by atoms with Crippen LogP contribution in [0, 0.1) is 5.92 Å². The molecule has 27 heavy (non-hydrogen) atoms. The van der Waals surface area contributed by atoms with Gasteiger partial charge in [0.25, 0.3) is 0 Å². The molecule has 1 aromatic carbocycles. The van der Waals surface area contributed by atoms with Crippen molar-refractivity contribution >= 4 is 17.2 Å². The van der Waals surface area contributed by atoms with Gasteiger partial charge in [0.05, 0.1) is 25.0 Å². The molecule has 1 aliphatic rings. The van der Waals surface area contributed by atoms with Crippen molar-refractivity contribution in [2.75, 3.05) is 19.7 Å². The molecule has 3 aromatic rings. The van der Waals surface area contributed by atoms with Crippen LogP contribution >= 0.6 is 11.3 Å². The average molecular weight is 382 g/mol. The standard InChI is InChI=1S/C21H22N2O3S/c24-20(13-17-15-27-21(22-17)19-7-4-12-25-19)23-10-8-16(9-11-23)14-26-18-5-2-1-3-6-18/h1-7,12,15-16H,8-11,13-14H2. The molecule has 1 fully saturated rings. The number of benzene rings is 1. The van der Waals surface area contributed by atoms with Gasteiger partial charge in [0.1, 0.15) is 5.75 Å². The summed E-state index contributed by atoms with van der Waals surface area (Å²) in [6, 6.07) is 13.6. The van der Waals surface area contributed by atoms with Gasteiger partial charge in [-0.2, -0.15) is 0 Å². The molecule has 0 bridgehead atoms. The number of ether oxygens (including phenoxy) is 1. The Hall–Kier alpha value is -2.60. The minimum Gasteiger partial charge on any atom is -0.493 e. The third kappa shape index (κ3) is 4.57. The van der Waals surface area contributed by atoms with E-state index in [4.69, 9.17) is 9.15 Å². The molecule has 3 heterocycles. The number of rotatable bonds is 6. The molecule has 1 amide bonds. The zero-order valence-electron chi connectivity index (χ0n) is 15.0. The summed E-state index contributed by atoms with van der Waals surface area (Å²) in [4.78, 5) is 19.1. The third-order valence-electron chi connectivity index (χ3n) is 4.81. The van der Waals surface area contributed by atoms with Crippen molar-refractivity contribution in [1.29, 1.82) is 0 Å². The first-order valence-corrected chi connectivity index (χ1v) is 10.1. The van der Waals surface area contributed by atoms with Crippen LogP contribution in [-0.2, 0) is 11.2 Å². The Morgan fingerprint density at radius 3 is 2.74 bits per heavy atom. The summed E-state index contributed by atoms with van der Waals surface area (Å²) >= 11 is 1.51. The summed E-state index contributed by atoms with van der Waals surface area (Å²) < 4.78 is 11.2. The molecule has 0 radical (unpaired) electrons. The minimum atomic E-state index is 0.147. The number of hydrogen-bond acceptors (Lipinski definition) is 5. The van der Waals surface area contributed by atoms with Gasteiger partial charge < -0.3 is 14.1 Å². The number of likely N-dealkylation sites (tertiary alicyclic amines) is 1. The predicted octanol–water partition coefficient (Wildman–Crippen LogP) is 4.26. The largest absolute Gasteiger partial charge is 0.493 e. The number of nitrogens with zero attached hydrogens (tertiary/aromatic N) is 2. The molecule has 5 nitrogen and oxygen atoms in total. The predicted molar refractivity (Wildman–Crippen MR) is 105 cm³/mol. The zero-order chi connectivity index (χ0) is 18.5. The molecule has 4 rings (SSSR count). The highest BCUT2D eigenvalue weighted by Gasteiger charge is 2.24. The molecule has 0 atom stereocenters. The van der Waals surface area contributed by atoms with Gasteiger partial charge in [-0.05, 0) is 43.0 Å². The van der Waals surface area contributed by atoms with E-state index in [9.17, 15) is 4.79 Å². The lowest BCUT2D eigenvalue weighted by Crippen LogP contribution is -2.40. The van der Waals surface area contributed by atoms with Crippen LogP contribution in [0.2, 0.25) is 0 Å². The summed E-state index contributed by atoms with van der Waals surface area (Å²) in [5.41, 5.74) is 0.811. The van der Waals surface area contributed by atoms with Gasteiger partial charge >= 0.3 is 0 Å². The molecule has 1 aliphatic heterocycles. The topological polar surface area (TPSA) is 55.6 Å². The van der Waals surface area contributed by atoms with Crippen LogP contribution in [0.15, 0.2) is 58.5 Å². The number of hydrogen-bond donors (Lipinski definition) is 0. The summed E-state index contributed by atoms with van der Waals surface area (Å²) in [5.74, 6) is 2.30. The number of aromatic nitrogens is 1. The summed E-state index contributed by atoms with van der Waals surface area (Å²) in [5, 5.41) is 2.76. The Kier molecular flexibility index (Phi) is 5.53. The van der Waals surface area contributed by atoms with Gasteiger partial charge in [-0.25, -0.2) is 4.98 Å². The molecule has 0 spiro atoms. The molecular formula is C21H22N2O3S. The molecule has 140 valence electrons. The number of amides is 1. The highest BCUT2D eigenvalue weighted by molar-refractivity contribution is 7.13. The number of furan rings is 1. The van der Waals surface area contributed by atoms with E-state index in [2.05, 4.69) is 4.98 Å². The molecular weight excluding hydrogens is 360 g/mol. The van der Waals surface area contributed by atoms with Crippen LogP contribution in [0.5, 0.6) is 5.75 Å². The quantitative estimate of drug-likeness (QED) is 0.639. The molecule has 1 saturated heterocycles. The zero-order valence-corrected chi connectivity index (χ0v) is 15.9. The summed E-state index contributed by atoms with van der Waals surface area (Å²) in [7, 11) is 0. The number of para-hydroxylation sites is 1. The van der Waals surface area contributed by atoms with E-state index in [1.54, 1.807) is 6.26 Å². The van der Waals surface area contributed by atoms with Gasteiger partial charge in [0.2, 0.25) is 5.91 Å². The number of carbonyl (C=O) groups excluding carboxylic acids is 1. The van der Waals surface area contributed by atoms with E-state index in [0.29, 0.717) is 18.9 Å². The smallest absolute Gasteiger partial charge is 0.228 e. The minimum absolute atomic E-state index is 0.147. The van der Waals surface area contributed by atoms with E-state index in [0.717, 1.165) is 48.1 Å². The average Bonchev–Trinajstić information content (AvgIpc) is 3.39. The van der Waals surface area contributed by atoms with Crippen molar-refractivity contribution in [3.63, 3.8) is 0 Å². The maximum Gasteiger partial charge on any atom is 0.228 e. The SMILES string of the molecule is O=C(Cc1csc(-c2ccco2)n1)N1CCC(COc2ccccc2)CC1. The first-order valence-electron chi connectivity index (χ1n) is 9.22. The Morgan fingerprint density at radius 2 is 2.00 bits per heavy atom. The fourth-order valence-electron chi connectivity index (χ4n) is 3.25. The number of thiazole rings is 1. The van der Waals surface area contributed by atoms with Crippen molar-refractivity contribution in [3.8, 4) is 16.5 Å². The van der Waals surface area contributed by atoms with E-state index in [1.165, 1.54) is 11.3 Å². The van der Waals surface area contributed by atoms with Crippen molar-refractivity contribution in [1.82, 2.24) is 9.88 Å². The van der Waals surface area contributed by atoms with Gasteiger partial charge in [0, 0.05) is 18.5 Å². The van der Waals surface area contributed by atoms with Crippen LogP contribution in [-0.4, -0.2) is 35.5 Å². The van der Waals surface area contributed by atoms with Gasteiger partial charge in [-0.1, -0.05) is 18.2 Å². The molecule has 0 saturated carbocycles. The first-order chi connectivity index (χ1) is 13.3. The highest BCUT2D eigenvalue weighted by Crippen LogP contribution is 2.25. The Morgan fingerprint density at radius 1 is 1.19 bits per heavy atom. The van der Waals surface area contributed by atoms with Crippen LogP contribution in [0.3, 0.4) is 0 Å². The van der Waals surface area contributed by atoms with E-state index >= 15 is 0 Å².